The van der Waals surface area contributed by atoms with E-state index in [0.29, 0.717) is 6.54 Å². The Morgan fingerprint density at radius 2 is 2.00 bits per heavy atom. The molecule has 0 heterocycles. The summed E-state index contributed by atoms with van der Waals surface area (Å²) in [5.74, 6) is -0.566. The molecule has 3 N–H and O–H groups in total. The van der Waals surface area contributed by atoms with E-state index in [1.165, 1.54) is 12.1 Å². The summed E-state index contributed by atoms with van der Waals surface area (Å²) in [5.41, 5.74) is 6.23. The summed E-state index contributed by atoms with van der Waals surface area (Å²) in [6.45, 7) is 8.00. The number of hydrogen-bond acceptors (Lipinski definition) is 2. The highest BCUT2D eigenvalue weighted by atomic mass is 35.5. The van der Waals surface area contributed by atoms with Gasteiger partial charge in [-0.25, -0.2) is 4.39 Å². The molecule has 0 aliphatic rings. The lowest BCUT2D eigenvalue weighted by atomic mass is 9.84. The second kappa shape index (κ2) is 7.60. The van der Waals surface area contributed by atoms with E-state index in [1.807, 2.05) is 26.8 Å². The van der Waals surface area contributed by atoms with Gasteiger partial charge in [0.25, 0.3) is 0 Å². The van der Waals surface area contributed by atoms with Crippen LogP contribution in [0.25, 0.3) is 0 Å². The highest BCUT2D eigenvalue weighted by molar-refractivity contribution is 5.85. The van der Waals surface area contributed by atoms with Crippen molar-refractivity contribution in [1.82, 2.24) is 5.32 Å². The van der Waals surface area contributed by atoms with E-state index in [2.05, 4.69) is 5.32 Å². The van der Waals surface area contributed by atoms with Crippen molar-refractivity contribution >= 4 is 18.3 Å². The van der Waals surface area contributed by atoms with E-state index in [4.69, 9.17) is 5.73 Å². The zero-order valence-corrected chi connectivity index (χ0v) is 13.3. The molecule has 1 amide bonds. The van der Waals surface area contributed by atoms with Crippen molar-refractivity contribution in [3.63, 3.8) is 0 Å². The molecule has 5 heteroatoms. The van der Waals surface area contributed by atoms with Crippen LogP contribution in [-0.2, 0) is 10.2 Å². The second-order valence-corrected chi connectivity index (χ2v) is 5.76. The van der Waals surface area contributed by atoms with Crippen LogP contribution < -0.4 is 11.1 Å². The van der Waals surface area contributed by atoms with E-state index < -0.39 is 0 Å². The number of carbonyl (C=O) groups excluding carboxylic acids is 1. The lowest BCUT2D eigenvalue weighted by Gasteiger charge is -2.27. The van der Waals surface area contributed by atoms with Gasteiger partial charge in [0.2, 0.25) is 5.91 Å². The van der Waals surface area contributed by atoms with Gasteiger partial charge in [0.1, 0.15) is 5.82 Å². The normalized spacial score (nSPS) is 14.1. The van der Waals surface area contributed by atoms with Crippen molar-refractivity contribution in [2.75, 3.05) is 6.54 Å². The molecule has 2 atom stereocenters. The zero-order chi connectivity index (χ0) is 14.6. The minimum absolute atomic E-state index is 0. The first-order valence-corrected chi connectivity index (χ1v) is 6.53. The third-order valence-electron chi connectivity index (χ3n) is 3.51. The molecule has 0 saturated carbocycles. The third-order valence-corrected chi connectivity index (χ3v) is 3.51. The fourth-order valence-corrected chi connectivity index (χ4v) is 1.72. The smallest absolute Gasteiger partial charge is 0.224 e. The number of amides is 1. The third kappa shape index (κ3) is 5.10. The Balaban J connectivity index is 0.00000361. The van der Waals surface area contributed by atoms with Crippen LogP contribution in [0.15, 0.2) is 24.3 Å². The lowest BCUT2D eigenvalue weighted by Crippen LogP contribution is -2.43. The summed E-state index contributed by atoms with van der Waals surface area (Å²) in [7, 11) is 0. The summed E-state index contributed by atoms with van der Waals surface area (Å²) in [6, 6.07) is 6.28. The molecule has 0 aliphatic carbocycles. The topological polar surface area (TPSA) is 55.1 Å². The first-order chi connectivity index (χ1) is 8.74. The predicted molar refractivity (Wildman–Crippen MR) is 82.5 cm³/mol. The van der Waals surface area contributed by atoms with E-state index in [1.54, 1.807) is 13.0 Å². The van der Waals surface area contributed by atoms with Gasteiger partial charge < -0.3 is 11.1 Å². The quantitative estimate of drug-likeness (QED) is 0.878. The van der Waals surface area contributed by atoms with Gasteiger partial charge in [-0.3, -0.25) is 4.79 Å². The van der Waals surface area contributed by atoms with Crippen molar-refractivity contribution in [2.45, 2.75) is 39.2 Å². The maximum atomic E-state index is 13.2. The molecule has 0 bridgehead atoms. The predicted octanol–water partition coefficient (Wildman–Crippen LogP) is 2.62. The molecule has 1 aromatic carbocycles. The van der Waals surface area contributed by atoms with Crippen LogP contribution in [0.4, 0.5) is 4.39 Å². The van der Waals surface area contributed by atoms with Crippen LogP contribution in [0.5, 0.6) is 0 Å². The molecule has 114 valence electrons. The van der Waals surface area contributed by atoms with E-state index in [9.17, 15) is 9.18 Å². The molecule has 20 heavy (non-hydrogen) atoms. The molecule has 0 aromatic heterocycles. The largest absolute Gasteiger partial charge is 0.355 e. The van der Waals surface area contributed by atoms with Crippen LogP contribution in [-0.4, -0.2) is 18.5 Å². The Hall–Kier alpha value is -1.13. The summed E-state index contributed by atoms with van der Waals surface area (Å²) in [6.07, 6.45) is 0. The van der Waals surface area contributed by atoms with Gasteiger partial charge in [0.05, 0.1) is 0 Å². The number of benzene rings is 1. The average molecular weight is 303 g/mol. The molecule has 3 nitrogen and oxygen atoms in total. The number of nitrogens with two attached hydrogens (primary N) is 1. The number of nitrogens with one attached hydrogen (secondary N) is 1. The number of hydrogen-bond donors (Lipinski definition) is 2. The van der Waals surface area contributed by atoms with Gasteiger partial charge in [0, 0.05) is 23.9 Å². The van der Waals surface area contributed by atoms with Crippen LogP contribution in [0.1, 0.15) is 33.3 Å². The molecule has 0 radical (unpaired) electrons. The first kappa shape index (κ1) is 18.9. The molecular formula is C15H24ClFN2O. The Morgan fingerprint density at radius 3 is 2.50 bits per heavy atom. The highest BCUT2D eigenvalue weighted by Gasteiger charge is 2.24. The maximum Gasteiger partial charge on any atom is 0.224 e. The number of rotatable bonds is 5. The molecule has 1 aromatic rings. The molecule has 1 rings (SSSR count). The summed E-state index contributed by atoms with van der Waals surface area (Å²) < 4.78 is 13.2. The summed E-state index contributed by atoms with van der Waals surface area (Å²) >= 11 is 0. The molecule has 2 unspecified atom stereocenters. The van der Waals surface area contributed by atoms with Crippen molar-refractivity contribution in [3.05, 3.63) is 35.6 Å². The van der Waals surface area contributed by atoms with Gasteiger partial charge in [-0.15, -0.1) is 12.4 Å². The fourth-order valence-electron chi connectivity index (χ4n) is 1.72. The lowest BCUT2D eigenvalue weighted by molar-refractivity contribution is -0.125. The molecule has 0 spiro atoms. The second-order valence-electron chi connectivity index (χ2n) is 5.76. The monoisotopic (exact) mass is 302 g/mol. The molecular weight excluding hydrogens is 279 g/mol. The molecule has 0 saturated heterocycles. The number of halogens is 2. The van der Waals surface area contributed by atoms with Crippen LogP contribution in [0.3, 0.4) is 0 Å². The van der Waals surface area contributed by atoms with Crippen LogP contribution in [0.2, 0.25) is 0 Å². The minimum atomic E-state index is -0.324. The van der Waals surface area contributed by atoms with Crippen molar-refractivity contribution in [3.8, 4) is 0 Å². The van der Waals surface area contributed by atoms with Gasteiger partial charge in [-0.05, 0) is 24.6 Å². The zero-order valence-electron chi connectivity index (χ0n) is 12.4. The Labute approximate surface area is 126 Å². The van der Waals surface area contributed by atoms with E-state index >= 15 is 0 Å². The average Bonchev–Trinajstić information content (AvgIpc) is 2.35. The van der Waals surface area contributed by atoms with Gasteiger partial charge >= 0.3 is 0 Å². The van der Waals surface area contributed by atoms with Gasteiger partial charge in [-0.1, -0.05) is 32.9 Å². The fraction of sp³-hybridized carbons (Fsp3) is 0.533. The number of carbonyl (C=O) groups is 1. The SMILES string of the molecule is CC(N)C(C)C(=O)NCC(C)(C)c1cccc(F)c1.Cl. The standard InChI is InChI=1S/C15H23FN2O.ClH/c1-10(11(2)17)14(19)18-9-15(3,4)12-6-5-7-13(16)8-12;/h5-8,10-11H,9,17H2,1-4H3,(H,18,19);1H. The first-order valence-electron chi connectivity index (χ1n) is 6.53. The van der Waals surface area contributed by atoms with Crippen molar-refractivity contribution < 1.29 is 9.18 Å². The summed E-state index contributed by atoms with van der Waals surface area (Å²) in [5, 5.41) is 2.88. The van der Waals surface area contributed by atoms with Gasteiger partial charge in [-0.2, -0.15) is 0 Å². The Morgan fingerprint density at radius 1 is 1.40 bits per heavy atom. The van der Waals surface area contributed by atoms with Gasteiger partial charge in [0.15, 0.2) is 0 Å². The maximum absolute atomic E-state index is 13.2. The Bertz CT molecular complexity index is 449. The summed E-state index contributed by atoms with van der Waals surface area (Å²) in [4.78, 5) is 11.9. The van der Waals surface area contributed by atoms with E-state index in [0.717, 1.165) is 5.56 Å². The minimum Gasteiger partial charge on any atom is -0.355 e. The highest BCUT2D eigenvalue weighted by Crippen LogP contribution is 2.23. The van der Waals surface area contributed by atoms with Crippen LogP contribution >= 0.6 is 12.4 Å². The molecule has 0 aliphatic heterocycles. The van der Waals surface area contributed by atoms with Crippen molar-refractivity contribution in [2.24, 2.45) is 11.7 Å². The van der Waals surface area contributed by atoms with Crippen LogP contribution in [0, 0.1) is 11.7 Å². The molecule has 0 fully saturated rings. The van der Waals surface area contributed by atoms with Crippen molar-refractivity contribution in [1.29, 1.82) is 0 Å². The Kier molecular flexibility index (Phi) is 7.17. The van der Waals surface area contributed by atoms with E-state index in [-0.39, 0.29) is 41.5 Å².